The van der Waals surface area contributed by atoms with Crippen LogP contribution in [-0.2, 0) is 22.4 Å². The van der Waals surface area contributed by atoms with Gasteiger partial charge in [0.05, 0.1) is 18.0 Å². The molecule has 0 spiro atoms. The minimum atomic E-state index is -0.496. The topological polar surface area (TPSA) is 58.6 Å². The molecule has 1 N–H and O–H groups in total. The number of nitrogens with one attached hydrogen (secondary N) is 1. The Morgan fingerprint density at radius 3 is 2.48 bits per heavy atom. The largest absolute Gasteiger partial charge is 0.450 e. The van der Waals surface area contributed by atoms with E-state index in [2.05, 4.69) is 11.4 Å². The van der Waals surface area contributed by atoms with Crippen molar-refractivity contribution in [3.05, 3.63) is 53.6 Å². The Balaban J connectivity index is 2.05. The van der Waals surface area contributed by atoms with Crippen molar-refractivity contribution in [3.8, 4) is 0 Å². The van der Waals surface area contributed by atoms with Crippen LogP contribution < -0.4 is 10.2 Å². The lowest BCUT2D eigenvalue weighted by atomic mass is 10.0. The number of ether oxygens (including phenoxy) is 1. The predicted octanol–water partition coefficient (Wildman–Crippen LogP) is 4.43. The minimum Gasteiger partial charge on any atom is -0.450 e. The zero-order valence-electron chi connectivity index (χ0n) is 14.5. The molecule has 5 nitrogen and oxygen atoms in total. The Morgan fingerprint density at radius 1 is 1.04 bits per heavy atom. The number of carbonyl (C=O) groups excluding carboxylic acids is 2. The maximum absolute atomic E-state index is 12.7. The number of hydrogen-bond donors (Lipinski definition) is 1. The molecule has 25 heavy (non-hydrogen) atoms. The van der Waals surface area contributed by atoms with Gasteiger partial charge in [-0.1, -0.05) is 31.2 Å². The fourth-order valence-corrected chi connectivity index (χ4v) is 3.11. The van der Waals surface area contributed by atoms with Crippen LogP contribution in [0.1, 0.15) is 31.4 Å². The highest BCUT2D eigenvalue weighted by molar-refractivity contribution is 6.03. The van der Waals surface area contributed by atoms with Crippen molar-refractivity contribution in [2.45, 2.75) is 33.1 Å². The van der Waals surface area contributed by atoms with Crippen LogP contribution in [0.5, 0.6) is 0 Å². The lowest BCUT2D eigenvalue weighted by Gasteiger charge is -2.25. The molecule has 0 aliphatic carbocycles. The molecular formula is C20H22N2O3. The molecule has 1 aliphatic heterocycles. The van der Waals surface area contributed by atoms with E-state index in [9.17, 15) is 9.59 Å². The Hall–Kier alpha value is -2.82. The molecule has 2 amide bonds. The lowest BCUT2D eigenvalue weighted by molar-refractivity contribution is -0.117. The zero-order valence-corrected chi connectivity index (χ0v) is 14.5. The van der Waals surface area contributed by atoms with E-state index in [0.717, 1.165) is 35.3 Å². The second-order valence-electron chi connectivity index (χ2n) is 5.90. The first-order valence-corrected chi connectivity index (χ1v) is 8.61. The van der Waals surface area contributed by atoms with Crippen LogP contribution in [0.4, 0.5) is 21.9 Å². The minimum absolute atomic E-state index is 0.0314. The third-order valence-electron chi connectivity index (χ3n) is 4.30. The van der Waals surface area contributed by atoms with Crippen molar-refractivity contribution in [2.24, 2.45) is 0 Å². The molecule has 0 unspecified atom stereocenters. The first kappa shape index (κ1) is 17.0. The number of anilines is 3. The fourth-order valence-electron chi connectivity index (χ4n) is 3.11. The van der Waals surface area contributed by atoms with Gasteiger partial charge in [0, 0.05) is 12.1 Å². The molecule has 1 heterocycles. The second kappa shape index (κ2) is 7.38. The van der Waals surface area contributed by atoms with Crippen LogP contribution in [-0.4, -0.2) is 18.6 Å². The third-order valence-corrected chi connectivity index (χ3v) is 4.30. The van der Waals surface area contributed by atoms with E-state index in [0.29, 0.717) is 18.7 Å². The van der Waals surface area contributed by atoms with E-state index in [1.165, 1.54) is 0 Å². The van der Waals surface area contributed by atoms with Gasteiger partial charge >= 0.3 is 6.09 Å². The number of para-hydroxylation sites is 1. The molecule has 0 aromatic heterocycles. The molecule has 2 aromatic rings. The van der Waals surface area contributed by atoms with Gasteiger partial charge < -0.3 is 4.74 Å². The summed E-state index contributed by atoms with van der Waals surface area (Å²) in [4.78, 5) is 26.2. The van der Waals surface area contributed by atoms with Crippen molar-refractivity contribution in [1.82, 2.24) is 0 Å². The molecule has 0 saturated heterocycles. The van der Waals surface area contributed by atoms with E-state index in [-0.39, 0.29) is 5.91 Å². The van der Waals surface area contributed by atoms with Crippen LogP contribution >= 0.6 is 0 Å². The van der Waals surface area contributed by atoms with Gasteiger partial charge in [-0.15, -0.1) is 0 Å². The molecule has 0 atom stereocenters. The first-order chi connectivity index (χ1) is 12.1. The summed E-state index contributed by atoms with van der Waals surface area (Å²) in [6.45, 7) is 3.93. The molecule has 2 aromatic carbocycles. The van der Waals surface area contributed by atoms with Gasteiger partial charge in [-0.25, -0.2) is 4.79 Å². The summed E-state index contributed by atoms with van der Waals surface area (Å²) in [6.07, 6.45) is 1.63. The number of benzene rings is 2. The molecule has 130 valence electrons. The third kappa shape index (κ3) is 3.50. The highest BCUT2D eigenvalue weighted by Crippen LogP contribution is 2.38. The summed E-state index contributed by atoms with van der Waals surface area (Å²) in [7, 11) is 0. The van der Waals surface area contributed by atoms with Gasteiger partial charge in [0.1, 0.15) is 0 Å². The number of nitrogens with zero attached hydrogens (tertiary/aromatic N) is 1. The maximum atomic E-state index is 12.7. The standard InChI is InChI=1S/C20H22N2O3/c1-3-19(23)22-17-8-6-5-7-14(17)9-10-15-11-12-16(13-18(15)22)21-20(24)25-4-2/h5-8,11-13H,3-4,9-10H2,1-2H3,(H,21,24). The summed E-state index contributed by atoms with van der Waals surface area (Å²) in [5.41, 5.74) is 4.60. The number of aryl methyl sites for hydroxylation is 2. The van der Waals surface area contributed by atoms with Crippen LogP contribution in [0, 0.1) is 0 Å². The Kier molecular flexibility index (Phi) is 5.03. The van der Waals surface area contributed by atoms with E-state index in [4.69, 9.17) is 4.74 Å². The summed E-state index contributed by atoms with van der Waals surface area (Å²) in [6, 6.07) is 13.6. The number of amides is 2. The average Bonchev–Trinajstić information content (AvgIpc) is 2.78. The Labute approximate surface area is 147 Å². The molecule has 0 bridgehead atoms. The SMILES string of the molecule is CCOC(=O)Nc1ccc2c(c1)N(C(=O)CC)c1ccccc1CC2. The van der Waals surface area contributed by atoms with Crippen molar-refractivity contribution in [1.29, 1.82) is 0 Å². The van der Waals surface area contributed by atoms with Gasteiger partial charge in [-0.05, 0) is 49.1 Å². The highest BCUT2D eigenvalue weighted by Gasteiger charge is 2.25. The Morgan fingerprint density at radius 2 is 1.76 bits per heavy atom. The first-order valence-electron chi connectivity index (χ1n) is 8.61. The van der Waals surface area contributed by atoms with Crippen LogP contribution in [0.3, 0.4) is 0 Å². The molecule has 0 fully saturated rings. The predicted molar refractivity (Wildman–Crippen MR) is 98.4 cm³/mol. The van der Waals surface area contributed by atoms with Crippen LogP contribution in [0.2, 0.25) is 0 Å². The number of rotatable bonds is 3. The molecule has 3 rings (SSSR count). The normalized spacial score (nSPS) is 12.6. The number of carbonyl (C=O) groups is 2. The van der Waals surface area contributed by atoms with Crippen molar-refractivity contribution >= 4 is 29.1 Å². The van der Waals surface area contributed by atoms with E-state index >= 15 is 0 Å². The fraction of sp³-hybridized carbons (Fsp3) is 0.300. The molecule has 1 aliphatic rings. The van der Waals surface area contributed by atoms with Gasteiger partial charge in [0.2, 0.25) is 5.91 Å². The number of fused-ring (bicyclic) bond motifs is 2. The summed E-state index contributed by atoms with van der Waals surface area (Å²) < 4.78 is 4.94. The molecule has 5 heteroatoms. The molecular weight excluding hydrogens is 316 g/mol. The van der Waals surface area contributed by atoms with Crippen molar-refractivity contribution in [2.75, 3.05) is 16.8 Å². The van der Waals surface area contributed by atoms with E-state index in [1.807, 2.05) is 43.3 Å². The quantitative estimate of drug-likeness (QED) is 0.901. The van der Waals surface area contributed by atoms with Gasteiger partial charge in [-0.3, -0.25) is 15.0 Å². The molecule has 0 saturated carbocycles. The maximum Gasteiger partial charge on any atom is 0.411 e. The van der Waals surface area contributed by atoms with Crippen molar-refractivity contribution < 1.29 is 14.3 Å². The summed E-state index contributed by atoms with van der Waals surface area (Å²) in [5.74, 6) is 0.0314. The lowest BCUT2D eigenvalue weighted by Crippen LogP contribution is -2.26. The average molecular weight is 338 g/mol. The van der Waals surface area contributed by atoms with Gasteiger partial charge in [0.15, 0.2) is 0 Å². The second-order valence-corrected chi connectivity index (χ2v) is 5.90. The van der Waals surface area contributed by atoms with E-state index < -0.39 is 6.09 Å². The zero-order chi connectivity index (χ0) is 17.8. The summed E-state index contributed by atoms with van der Waals surface area (Å²) in [5, 5.41) is 2.72. The smallest absolute Gasteiger partial charge is 0.411 e. The highest BCUT2D eigenvalue weighted by atomic mass is 16.5. The number of hydrogen-bond acceptors (Lipinski definition) is 3. The van der Waals surface area contributed by atoms with Crippen LogP contribution in [0.25, 0.3) is 0 Å². The molecule has 0 radical (unpaired) electrons. The van der Waals surface area contributed by atoms with Crippen LogP contribution in [0.15, 0.2) is 42.5 Å². The monoisotopic (exact) mass is 338 g/mol. The van der Waals surface area contributed by atoms with Gasteiger partial charge in [0.25, 0.3) is 0 Å². The van der Waals surface area contributed by atoms with Gasteiger partial charge in [-0.2, -0.15) is 0 Å². The Bertz CT molecular complexity index is 801. The van der Waals surface area contributed by atoms with E-state index in [1.54, 1.807) is 11.8 Å². The van der Waals surface area contributed by atoms with Crippen molar-refractivity contribution in [3.63, 3.8) is 0 Å². The summed E-state index contributed by atoms with van der Waals surface area (Å²) >= 11 is 0.